The van der Waals surface area contributed by atoms with Gasteiger partial charge in [0.1, 0.15) is 17.7 Å². The Balaban J connectivity index is 2.27. The van der Waals surface area contributed by atoms with Gasteiger partial charge < -0.3 is 14.6 Å². The molecule has 3 nitrogen and oxygen atoms in total. The van der Waals surface area contributed by atoms with Gasteiger partial charge in [-0.05, 0) is 31.4 Å². The molecule has 1 N–H and O–H groups in total. The summed E-state index contributed by atoms with van der Waals surface area (Å²) in [6.45, 7) is 0. The first-order valence-corrected chi connectivity index (χ1v) is 5.69. The van der Waals surface area contributed by atoms with E-state index in [0.717, 1.165) is 19.3 Å². The SMILES string of the molecule is COc1ccc(C(O)C2(OC)CCC2)c(F)c1. The molecule has 1 saturated carbocycles. The molecule has 1 fully saturated rings. The topological polar surface area (TPSA) is 38.7 Å². The van der Waals surface area contributed by atoms with Crippen molar-refractivity contribution >= 4 is 0 Å². The summed E-state index contributed by atoms with van der Waals surface area (Å²) in [5, 5.41) is 10.2. The van der Waals surface area contributed by atoms with Crippen molar-refractivity contribution in [3.63, 3.8) is 0 Å². The van der Waals surface area contributed by atoms with E-state index in [9.17, 15) is 9.50 Å². The Kier molecular flexibility index (Phi) is 3.35. The van der Waals surface area contributed by atoms with Crippen molar-refractivity contribution in [1.82, 2.24) is 0 Å². The maximum Gasteiger partial charge on any atom is 0.132 e. The monoisotopic (exact) mass is 240 g/mol. The average molecular weight is 240 g/mol. The summed E-state index contributed by atoms with van der Waals surface area (Å²) in [6, 6.07) is 4.47. The quantitative estimate of drug-likeness (QED) is 0.878. The minimum atomic E-state index is -0.924. The van der Waals surface area contributed by atoms with Crippen molar-refractivity contribution in [3.05, 3.63) is 29.6 Å². The Morgan fingerprint density at radius 2 is 2.06 bits per heavy atom. The van der Waals surface area contributed by atoms with Crippen molar-refractivity contribution in [1.29, 1.82) is 0 Å². The molecule has 1 aliphatic carbocycles. The Bertz CT molecular complexity index is 396. The summed E-state index contributed by atoms with van der Waals surface area (Å²) < 4.78 is 24.1. The largest absolute Gasteiger partial charge is 0.497 e. The summed E-state index contributed by atoms with van der Waals surface area (Å²) in [5.74, 6) is -0.0151. The number of hydrogen-bond donors (Lipinski definition) is 1. The van der Waals surface area contributed by atoms with E-state index in [1.54, 1.807) is 19.2 Å². The summed E-state index contributed by atoms with van der Waals surface area (Å²) in [4.78, 5) is 0. The van der Waals surface area contributed by atoms with E-state index in [4.69, 9.17) is 9.47 Å². The van der Waals surface area contributed by atoms with Gasteiger partial charge in [-0.25, -0.2) is 4.39 Å². The van der Waals surface area contributed by atoms with E-state index in [2.05, 4.69) is 0 Å². The highest BCUT2D eigenvalue weighted by Crippen LogP contribution is 2.45. The highest BCUT2D eigenvalue weighted by Gasteiger charge is 2.45. The number of halogens is 1. The second-order valence-electron chi connectivity index (χ2n) is 4.41. The fourth-order valence-corrected chi connectivity index (χ4v) is 2.25. The lowest BCUT2D eigenvalue weighted by Gasteiger charge is -2.44. The molecule has 0 spiro atoms. The Labute approximate surface area is 100 Å². The molecular weight excluding hydrogens is 223 g/mol. The van der Waals surface area contributed by atoms with E-state index in [1.165, 1.54) is 13.2 Å². The van der Waals surface area contributed by atoms with E-state index >= 15 is 0 Å². The highest BCUT2D eigenvalue weighted by atomic mass is 19.1. The first-order chi connectivity index (χ1) is 8.13. The second-order valence-corrected chi connectivity index (χ2v) is 4.41. The molecule has 0 radical (unpaired) electrons. The summed E-state index contributed by atoms with van der Waals surface area (Å²) in [5.41, 5.74) is -0.345. The molecule has 94 valence electrons. The van der Waals surface area contributed by atoms with Gasteiger partial charge in [-0.15, -0.1) is 0 Å². The molecule has 1 aliphatic rings. The number of ether oxygens (including phenoxy) is 2. The van der Waals surface area contributed by atoms with Crippen LogP contribution in [0, 0.1) is 5.82 Å². The van der Waals surface area contributed by atoms with Crippen LogP contribution in [0.4, 0.5) is 4.39 Å². The van der Waals surface area contributed by atoms with Crippen LogP contribution in [0.25, 0.3) is 0 Å². The van der Waals surface area contributed by atoms with Crippen LogP contribution in [0.15, 0.2) is 18.2 Å². The Morgan fingerprint density at radius 1 is 1.35 bits per heavy atom. The summed E-state index contributed by atoms with van der Waals surface area (Å²) in [7, 11) is 3.04. The number of benzene rings is 1. The molecule has 0 amide bonds. The summed E-state index contributed by atoms with van der Waals surface area (Å²) in [6.07, 6.45) is 1.60. The molecule has 0 aromatic heterocycles. The minimum absolute atomic E-state index is 0.271. The summed E-state index contributed by atoms with van der Waals surface area (Å²) >= 11 is 0. The molecule has 1 atom stereocenters. The third kappa shape index (κ3) is 2.03. The molecule has 1 aromatic carbocycles. The van der Waals surface area contributed by atoms with Crippen molar-refractivity contribution < 1.29 is 19.0 Å². The lowest BCUT2D eigenvalue weighted by atomic mass is 9.73. The number of rotatable bonds is 4. The molecule has 2 rings (SSSR count). The first-order valence-electron chi connectivity index (χ1n) is 5.69. The van der Waals surface area contributed by atoms with Gasteiger partial charge >= 0.3 is 0 Å². The maximum absolute atomic E-state index is 13.8. The smallest absolute Gasteiger partial charge is 0.132 e. The molecule has 17 heavy (non-hydrogen) atoms. The van der Waals surface area contributed by atoms with Gasteiger partial charge in [-0.3, -0.25) is 0 Å². The predicted molar refractivity (Wildman–Crippen MR) is 61.5 cm³/mol. The van der Waals surface area contributed by atoms with Gasteiger partial charge in [0, 0.05) is 18.7 Å². The van der Waals surface area contributed by atoms with Crippen LogP contribution in [0.3, 0.4) is 0 Å². The van der Waals surface area contributed by atoms with Crippen molar-refractivity contribution in [2.24, 2.45) is 0 Å². The highest BCUT2D eigenvalue weighted by molar-refractivity contribution is 5.32. The number of methoxy groups -OCH3 is 2. The molecule has 0 saturated heterocycles. The van der Waals surface area contributed by atoms with Gasteiger partial charge in [0.25, 0.3) is 0 Å². The van der Waals surface area contributed by atoms with Crippen LogP contribution in [-0.2, 0) is 4.74 Å². The van der Waals surface area contributed by atoms with Crippen LogP contribution in [-0.4, -0.2) is 24.9 Å². The third-order valence-electron chi connectivity index (χ3n) is 3.61. The van der Waals surface area contributed by atoms with Gasteiger partial charge in [0.15, 0.2) is 0 Å². The zero-order chi connectivity index (χ0) is 12.5. The maximum atomic E-state index is 13.8. The molecule has 1 aromatic rings. The number of hydrogen-bond acceptors (Lipinski definition) is 3. The fraction of sp³-hybridized carbons (Fsp3) is 0.538. The van der Waals surface area contributed by atoms with Gasteiger partial charge in [-0.1, -0.05) is 0 Å². The first kappa shape index (κ1) is 12.3. The van der Waals surface area contributed by atoms with E-state index < -0.39 is 17.5 Å². The molecular formula is C13H17FO3. The molecule has 0 bridgehead atoms. The average Bonchev–Trinajstić information content (AvgIpc) is 2.28. The lowest BCUT2D eigenvalue weighted by Crippen LogP contribution is -2.45. The fourth-order valence-electron chi connectivity index (χ4n) is 2.25. The van der Waals surface area contributed by atoms with Crippen LogP contribution in [0.2, 0.25) is 0 Å². The third-order valence-corrected chi connectivity index (χ3v) is 3.61. The molecule has 0 aliphatic heterocycles. The second kappa shape index (κ2) is 4.63. The standard InChI is InChI=1S/C13H17FO3/c1-16-9-4-5-10(11(14)8-9)12(15)13(17-2)6-3-7-13/h4-5,8,12,15H,3,6-7H2,1-2H3. The molecule has 4 heteroatoms. The van der Waals surface area contributed by atoms with E-state index in [1.807, 2.05) is 0 Å². The van der Waals surface area contributed by atoms with Crippen LogP contribution in [0.5, 0.6) is 5.75 Å². The van der Waals surface area contributed by atoms with Gasteiger partial charge in [0.05, 0.1) is 12.7 Å². The zero-order valence-corrected chi connectivity index (χ0v) is 10.1. The lowest BCUT2D eigenvalue weighted by molar-refractivity contribution is -0.152. The molecule has 1 unspecified atom stereocenters. The van der Waals surface area contributed by atoms with Crippen molar-refractivity contribution in [2.75, 3.05) is 14.2 Å². The van der Waals surface area contributed by atoms with Crippen molar-refractivity contribution in [3.8, 4) is 5.75 Å². The van der Waals surface area contributed by atoms with Crippen LogP contribution in [0.1, 0.15) is 30.9 Å². The van der Waals surface area contributed by atoms with Crippen LogP contribution >= 0.6 is 0 Å². The molecule has 0 heterocycles. The predicted octanol–water partition coefficient (Wildman–Crippen LogP) is 2.44. The zero-order valence-electron chi connectivity index (χ0n) is 10.1. The van der Waals surface area contributed by atoms with Gasteiger partial charge in [0.2, 0.25) is 0 Å². The Morgan fingerprint density at radius 3 is 2.47 bits per heavy atom. The van der Waals surface area contributed by atoms with Crippen molar-refractivity contribution in [2.45, 2.75) is 31.0 Å². The van der Waals surface area contributed by atoms with E-state index in [0.29, 0.717) is 5.75 Å². The Hall–Kier alpha value is -1.13. The van der Waals surface area contributed by atoms with Gasteiger partial charge in [-0.2, -0.15) is 0 Å². The normalized spacial score (nSPS) is 19.5. The number of aliphatic hydroxyl groups excluding tert-OH is 1. The minimum Gasteiger partial charge on any atom is -0.497 e. The van der Waals surface area contributed by atoms with Crippen LogP contribution < -0.4 is 4.74 Å². The number of aliphatic hydroxyl groups is 1. The van der Waals surface area contributed by atoms with E-state index in [-0.39, 0.29) is 5.56 Å².